The van der Waals surface area contributed by atoms with Gasteiger partial charge in [0.1, 0.15) is 6.04 Å². The van der Waals surface area contributed by atoms with E-state index in [1.54, 1.807) is 12.5 Å². The Balaban J connectivity index is 1.71. The van der Waals surface area contributed by atoms with Gasteiger partial charge in [0, 0.05) is 18.3 Å². The fraction of sp³-hybridized carbons (Fsp3) is 0.278. The van der Waals surface area contributed by atoms with Crippen molar-refractivity contribution in [2.24, 2.45) is 0 Å². The van der Waals surface area contributed by atoms with E-state index in [1.165, 1.54) is 0 Å². The Bertz CT molecular complexity index is 844. The van der Waals surface area contributed by atoms with Gasteiger partial charge in [-0.25, -0.2) is 9.97 Å². The molecule has 0 saturated heterocycles. The molecule has 24 heavy (non-hydrogen) atoms. The summed E-state index contributed by atoms with van der Waals surface area (Å²) in [5.41, 5.74) is 2.68. The van der Waals surface area contributed by atoms with Crippen LogP contribution in [-0.2, 0) is 11.3 Å². The van der Waals surface area contributed by atoms with Gasteiger partial charge in [0.05, 0.1) is 24.0 Å². The number of fused-ring (bicyclic) bond motifs is 1. The summed E-state index contributed by atoms with van der Waals surface area (Å²) in [5.74, 6) is 0.477. The third-order valence-corrected chi connectivity index (χ3v) is 3.86. The van der Waals surface area contributed by atoms with E-state index in [0.717, 1.165) is 16.6 Å². The minimum atomic E-state index is -0.357. The van der Waals surface area contributed by atoms with Crippen LogP contribution in [0.1, 0.15) is 25.5 Å². The van der Waals surface area contributed by atoms with Crippen LogP contribution in [0.5, 0.6) is 5.88 Å². The summed E-state index contributed by atoms with van der Waals surface area (Å²) in [5, 5.41) is 2.94. The molecule has 0 radical (unpaired) electrons. The number of pyridine rings is 1. The minimum Gasteiger partial charge on any atom is -0.478 e. The first-order valence-electron chi connectivity index (χ1n) is 7.96. The first-order valence-corrected chi connectivity index (χ1v) is 7.96. The number of amides is 1. The molecule has 0 aliphatic rings. The summed E-state index contributed by atoms with van der Waals surface area (Å²) >= 11 is 0. The zero-order chi connectivity index (χ0) is 16.9. The number of ether oxygens (including phenoxy) is 1. The first-order chi connectivity index (χ1) is 11.7. The number of benzene rings is 1. The van der Waals surface area contributed by atoms with E-state index >= 15 is 0 Å². The molecular weight excluding hydrogens is 304 g/mol. The fourth-order valence-corrected chi connectivity index (χ4v) is 2.57. The Kier molecular flexibility index (Phi) is 4.74. The average molecular weight is 324 g/mol. The minimum absolute atomic E-state index is 0.0792. The summed E-state index contributed by atoms with van der Waals surface area (Å²) in [6.07, 6.45) is 3.38. The van der Waals surface area contributed by atoms with Gasteiger partial charge in [-0.2, -0.15) is 0 Å². The van der Waals surface area contributed by atoms with Gasteiger partial charge < -0.3 is 14.6 Å². The molecule has 6 heteroatoms. The van der Waals surface area contributed by atoms with Crippen LogP contribution >= 0.6 is 0 Å². The van der Waals surface area contributed by atoms with Gasteiger partial charge in [0.15, 0.2) is 0 Å². The van der Waals surface area contributed by atoms with Gasteiger partial charge in [0.2, 0.25) is 11.8 Å². The molecule has 2 aromatic heterocycles. The summed E-state index contributed by atoms with van der Waals surface area (Å²) < 4.78 is 7.35. The van der Waals surface area contributed by atoms with Crippen LogP contribution in [-0.4, -0.2) is 27.0 Å². The number of carbonyl (C=O) groups is 1. The van der Waals surface area contributed by atoms with E-state index in [1.807, 2.05) is 54.8 Å². The lowest BCUT2D eigenvalue weighted by Crippen LogP contribution is -2.30. The zero-order valence-electron chi connectivity index (χ0n) is 13.8. The molecule has 1 amide bonds. The lowest BCUT2D eigenvalue weighted by atomic mass is 10.2. The largest absolute Gasteiger partial charge is 0.478 e. The highest BCUT2D eigenvalue weighted by molar-refractivity contribution is 5.83. The summed E-state index contributed by atoms with van der Waals surface area (Å²) in [4.78, 5) is 21.0. The monoisotopic (exact) mass is 324 g/mol. The number of nitrogens with one attached hydrogen (secondary N) is 1. The van der Waals surface area contributed by atoms with Gasteiger partial charge in [-0.1, -0.05) is 18.2 Å². The molecular formula is C18H20N4O2. The fourth-order valence-electron chi connectivity index (χ4n) is 2.57. The van der Waals surface area contributed by atoms with Crippen LogP contribution < -0.4 is 10.1 Å². The summed E-state index contributed by atoms with van der Waals surface area (Å²) in [6.45, 7) is 4.67. The first kappa shape index (κ1) is 16.0. The van der Waals surface area contributed by atoms with Crippen LogP contribution in [0, 0.1) is 0 Å². The van der Waals surface area contributed by atoms with E-state index in [2.05, 4.69) is 15.3 Å². The molecule has 0 fully saturated rings. The number of imidazole rings is 1. The summed E-state index contributed by atoms with van der Waals surface area (Å²) in [6, 6.07) is 11.1. The molecule has 2 heterocycles. The highest BCUT2D eigenvalue weighted by Crippen LogP contribution is 2.18. The highest BCUT2D eigenvalue weighted by Gasteiger charge is 2.17. The number of aromatic nitrogens is 3. The zero-order valence-corrected chi connectivity index (χ0v) is 13.8. The van der Waals surface area contributed by atoms with Gasteiger partial charge in [-0.3, -0.25) is 4.79 Å². The van der Waals surface area contributed by atoms with E-state index in [0.29, 0.717) is 19.0 Å². The van der Waals surface area contributed by atoms with Crippen molar-refractivity contribution in [3.05, 3.63) is 54.5 Å². The molecule has 0 aliphatic heterocycles. The lowest BCUT2D eigenvalue weighted by molar-refractivity contribution is -0.123. The predicted octanol–water partition coefficient (Wildman–Crippen LogP) is 2.71. The molecule has 6 nitrogen and oxygen atoms in total. The third-order valence-electron chi connectivity index (χ3n) is 3.86. The lowest BCUT2D eigenvalue weighted by Gasteiger charge is -2.15. The van der Waals surface area contributed by atoms with Crippen LogP contribution in [0.2, 0.25) is 0 Å². The molecule has 1 unspecified atom stereocenters. The number of rotatable bonds is 6. The second-order valence-electron chi connectivity index (χ2n) is 5.44. The van der Waals surface area contributed by atoms with Crippen molar-refractivity contribution >= 4 is 16.9 Å². The Morgan fingerprint density at radius 3 is 2.92 bits per heavy atom. The Morgan fingerprint density at radius 2 is 2.08 bits per heavy atom. The van der Waals surface area contributed by atoms with Crippen molar-refractivity contribution in [3.8, 4) is 5.88 Å². The van der Waals surface area contributed by atoms with Crippen molar-refractivity contribution in [2.45, 2.75) is 26.4 Å². The molecule has 0 aliphatic carbocycles. The second-order valence-corrected chi connectivity index (χ2v) is 5.44. The van der Waals surface area contributed by atoms with Crippen LogP contribution in [0.15, 0.2) is 48.9 Å². The van der Waals surface area contributed by atoms with E-state index in [-0.39, 0.29) is 11.9 Å². The molecule has 0 saturated carbocycles. The molecule has 1 N–H and O–H groups in total. The van der Waals surface area contributed by atoms with E-state index < -0.39 is 0 Å². The van der Waals surface area contributed by atoms with Crippen molar-refractivity contribution in [1.29, 1.82) is 0 Å². The normalized spacial score (nSPS) is 12.1. The SMILES string of the molecule is CCOc1ncccc1CNC(=O)C(C)n1cnc2ccccc21. The van der Waals surface area contributed by atoms with Crippen molar-refractivity contribution in [2.75, 3.05) is 6.61 Å². The predicted molar refractivity (Wildman–Crippen MR) is 91.7 cm³/mol. The highest BCUT2D eigenvalue weighted by atomic mass is 16.5. The van der Waals surface area contributed by atoms with Crippen LogP contribution in [0.4, 0.5) is 0 Å². The molecule has 0 spiro atoms. The molecule has 1 atom stereocenters. The molecule has 1 aromatic carbocycles. The Hall–Kier alpha value is -2.89. The standard InChI is InChI=1S/C18H20N4O2/c1-3-24-18-14(7-6-10-19-18)11-20-17(23)13(2)22-12-21-15-8-4-5-9-16(15)22/h4-10,12-13H,3,11H2,1-2H3,(H,20,23). The van der Waals surface area contributed by atoms with Gasteiger partial charge in [-0.05, 0) is 32.0 Å². The van der Waals surface area contributed by atoms with E-state index in [9.17, 15) is 4.79 Å². The topological polar surface area (TPSA) is 69.0 Å². The third kappa shape index (κ3) is 3.22. The van der Waals surface area contributed by atoms with Gasteiger partial charge in [-0.15, -0.1) is 0 Å². The van der Waals surface area contributed by atoms with E-state index in [4.69, 9.17) is 4.74 Å². The number of nitrogens with zero attached hydrogens (tertiary/aromatic N) is 3. The van der Waals surface area contributed by atoms with Crippen molar-refractivity contribution in [3.63, 3.8) is 0 Å². The van der Waals surface area contributed by atoms with Gasteiger partial charge in [0.25, 0.3) is 0 Å². The smallest absolute Gasteiger partial charge is 0.243 e. The molecule has 3 aromatic rings. The molecule has 3 rings (SSSR count). The second kappa shape index (κ2) is 7.12. The number of para-hydroxylation sites is 2. The number of carbonyl (C=O) groups excluding carboxylic acids is 1. The van der Waals surface area contributed by atoms with Gasteiger partial charge >= 0.3 is 0 Å². The number of hydrogen-bond donors (Lipinski definition) is 1. The average Bonchev–Trinajstić information content (AvgIpc) is 3.04. The Morgan fingerprint density at radius 1 is 1.25 bits per heavy atom. The Labute approximate surface area is 140 Å². The maximum absolute atomic E-state index is 12.5. The maximum atomic E-state index is 12.5. The molecule has 124 valence electrons. The molecule has 0 bridgehead atoms. The van der Waals surface area contributed by atoms with Crippen molar-refractivity contribution < 1.29 is 9.53 Å². The quantitative estimate of drug-likeness (QED) is 0.757. The number of hydrogen-bond acceptors (Lipinski definition) is 4. The van der Waals surface area contributed by atoms with Crippen LogP contribution in [0.3, 0.4) is 0 Å². The van der Waals surface area contributed by atoms with Crippen molar-refractivity contribution in [1.82, 2.24) is 19.9 Å². The summed E-state index contributed by atoms with van der Waals surface area (Å²) in [7, 11) is 0. The van der Waals surface area contributed by atoms with Crippen LogP contribution in [0.25, 0.3) is 11.0 Å². The maximum Gasteiger partial charge on any atom is 0.243 e.